The molecule has 2 atom stereocenters. The molecule has 1 fully saturated rings. The number of hydrogen-bond acceptors (Lipinski definition) is 4. The van der Waals surface area contributed by atoms with Crippen LogP contribution < -0.4 is 14.8 Å². The van der Waals surface area contributed by atoms with Gasteiger partial charge in [-0.1, -0.05) is 0 Å². The third kappa shape index (κ3) is 3.61. The van der Waals surface area contributed by atoms with Gasteiger partial charge in [-0.15, -0.1) is 0 Å². The normalized spacial score (nSPS) is 24.2. The summed E-state index contributed by atoms with van der Waals surface area (Å²) in [5.41, 5.74) is 1.23. The molecule has 2 unspecified atom stereocenters. The molecular formula is C15H24N2O2. The molecule has 1 aromatic rings. The summed E-state index contributed by atoms with van der Waals surface area (Å²) in [5, 5.41) is 3.50. The molecule has 0 radical (unpaired) electrons. The number of methoxy groups -OCH3 is 2. The van der Waals surface area contributed by atoms with Crippen LogP contribution in [0.5, 0.6) is 11.5 Å². The maximum Gasteiger partial charge on any atom is 0.122 e. The number of nitrogens with zero attached hydrogens (tertiary/aromatic N) is 1. The van der Waals surface area contributed by atoms with Crippen molar-refractivity contribution in [2.24, 2.45) is 0 Å². The van der Waals surface area contributed by atoms with Gasteiger partial charge in [0.1, 0.15) is 11.5 Å². The molecule has 1 N–H and O–H groups in total. The van der Waals surface area contributed by atoms with Gasteiger partial charge in [-0.25, -0.2) is 0 Å². The quantitative estimate of drug-likeness (QED) is 0.900. The molecule has 0 aromatic heterocycles. The van der Waals surface area contributed by atoms with Gasteiger partial charge in [-0.05, 0) is 31.5 Å². The maximum absolute atomic E-state index is 5.32. The largest absolute Gasteiger partial charge is 0.497 e. The Balaban J connectivity index is 2.13. The molecule has 0 saturated carbocycles. The van der Waals surface area contributed by atoms with Gasteiger partial charge >= 0.3 is 0 Å². The van der Waals surface area contributed by atoms with Crippen molar-refractivity contribution in [2.45, 2.75) is 32.5 Å². The molecule has 4 heteroatoms. The van der Waals surface area contributed by atoms with Crippen LogP contribution in [0.15, 0.2) is 18.2 Å². The van der Waals surface area contributed by atoms with Gasteiger partial charge in [-0.2, -0.15) is 0 Å². The zero-order valence-electron chi connectivity index (χ0n) is 12.3. The van der Waals surface area contributed by atoms with E-state index in [9.17, 15) is 0 Å². The lowest BCUT2D eigenvalue weighted by molar-refractivity contribution is 0.138. The summed E-state index contributed by atoms with van der Waals surface area (Å²) >= 11 is 0. The van der Waals surface area contributed by atoms with Crippen LogP contribution in [-0.2, 0) is 6.54 Å². The molecule has 1 aliphatic heterocycles. The second-order valence-corrected chi connectivity index (χ2v) is 5.31. The van der Waals surface area contributed by atoms with Gasteiger partial charge in [0.05, 0.1) is 14.2 Å². The average Bonchev–Trinajstić information content (AvgIpc) is 2.42. The Morgan fingerprint density at radius 1 is 1.16 bits per heavy atom. The second-order valence-electron chi connectivity index (χ2n) is 5.31. The standard InChI is InChI=1S/C15H24N2O2/c1-11-9-17(12(2)8-16-11)10-13-5-14(18-3)7-15(6-13)19-4/h5-7,11-12,16H,8-10H2,1-4H3. The van der Waals surface area contributed by atoms with Crippen LogP contribution in [0.25, 0.3) is 0 Å². The molecule has 2 rings (SSSR count). The second kappa shape index (κ2) is 6.26. The number of nitrogens with one attached hydrogen (secondary N) is 1. The Hall–Kier alpha value is -1.26. The third-order valence-corrected chi connectivity index (χ3v) is 3.69. The Morgan fingerprint density at radius 3 is 2.37 bits per heavy atom. The number of piperazine rings is 1. The van der Waals surface area contributed by atoms with E-state index in [1.165, 1.54) is 5.56 Å². The van der Waals surface area contributed by atoms with E-state index in [4.69, 9.17) is 9.47 Å². The molecule has 1 saturated heterocycles. The van der Waals surface area contributed by atoms with Crippen molar-refractivity contribution in [2.75, 3.05) is 27.3 Å². The fourth-order valence-electron chi connectivity index (χ4n) is 2.51. The lowest BCUT2D eigenvalue weighted by Gasteiger charge is -2.37. The number of ether oxygens (including phenoxy) is 2. The Labute approximate surface area is 115 Å². The summed E-state index contributed by atoms with van der Waals surface area (Å²) in [5.74, 6) is 1.70. The van der Waals surface area contributed by atoms with Crippen molar-refractivity contribution in [1.82, 2.24) is 10.2 Å². The van der Waals surface area contributed by atoms with Crippen molar-refractivity contribution in [1.29, 1.82) is 0 Å². The van der Waals surface area contributed by atoms with E-state index >= 15 is 0 Å². The van der Waals surface area contributed by atoms with Crippen LogP contribution in [0.4, 0.5) is 0 Å². The molecule has 1 aromatic carbocycles. The van der Waals surface area contributed by atoms with Gasteiger partial charge in [0.25, 0.3) is 0 Å². The minimum Gasteiger partial charge on any atom is -0.497 e. The van der Waals surface area contributed by atoms with Crippen molar-refractivity contribution in [3.8, 4) is 11.5 Å². The molecule has 1 aliphatic rings. The summed E-state index contributed by atoms with van der Waals surface area (Å²) in [4.78, 5) is 2.50. The van der Waals surface area contributed by atoms with E-state index < -0.39 is 0 Å². The van der Waals surface area contributed by atoms with Gasteiger partial charge in [-0.3, -0.25) is 4.90 Å². The highest BCUT2D eigenvalue weighted by molar-refractivity contribution is 5.38. The first-order valence-electron chi connectivity index (χ1n) is 6.81. The SMILES string of the molecule is COc1cc(CN2CC(C)NCC2C)cc(OC)c1. The van der Waals surface area contributed by atoms with E-state index in [2.05, 4.69) is 36.2 Å². The van der Waals surface area contributed by atoms with Crippen molar-refractivity contribution >= 4 is 0 Å². The molecule has 106 valence electrons. The zero-order chi connectivity index (χ0) is 13.8. The predicted molar refractivity (Wildman–Crippen MR) is 76.9 cm³/mol. The molecule has 1 heterocycles. The number of benzene rings is 1. The van der Waals surface area contributed by atoms with Crippen molar-refractivity contribution in [3.63, 3.8) is 0 Å². The first-order valence-corrected chi connectivity index (χ1v) is 6.81. The highest BCUT2D eigenvalue weighted by atomic mass is 16.5. The highest BCUT2D eigenvalue weighted by Gasteiger charge is 2.22. The highest BCUT2D eigenvalue weighted by Crippen LogP contribution is 2.24. The predicted octanol–water partition coefficient (Wildman–Crippen LogP) is 1.89. The topological polar surface area (TPSA) is 33.7 Å². The summed E-state index contributed by atoms with van der Waals surface area (Å²) in [6, 6.07) is 7.18. The van der Waals surface area contributed by atoms with Crippen LogP contribution in [0.2, 0.25) is 0 Å². The Morgan fingerprint density at radius 2 is 1.79 bits per heavy atom. The minimum absolute atomic E-state index is 0.545. The average molecular weight is 264 g/mol. The van der Waals surface area contributed by atoms with E-state index in [1.807, 2.05) is 6.07 Å². The fraction of sp³-hybridized carbons (Fsp3) is 0.600. The molecule has 0 amide bonds. The summed E-state index contributed by atoms with van der Waals surface area (Å²) in [6.45, 7) is 7.53. The smallest absolute Gasteiger partial charge is 0.122 e. The number of hydrogen-bond donors (Lipinski definition) is 1. The lowest BCUT2D eigenvalue weighted by atomic mass is 10.1. The first kappa shape index (κ1) is 14.2. The van der Waals surface area contributed by atoms with Crippen molar-refractivity contribution < 1.29 is 9.47 Å². The Bertz CT molecular complexity index is 400. The van der Waals surface area contributed by atoms with Crippen molar-refractivity contribution in [3.05, 3.63) is 23.8 Å². The van der Waals surface area contributed by atoms with Crippen LogP contribution in [-0.4, -0.2) is 44.3 Å². The molecular weight excluding hydrogens is 240 g/mol. The van der Waals surface area contributed by atoms with Crippen LogP contribution in [0, 0.1) is 0 Å². The van der Waals surface area contributed by atoms with Crippen LogP contribution >= 0.6 is 0 Å². The number of rotatable bonds is 4. The minimum atomic E-state index is 0.545. The fourth-order valence-corrected chi connectivity index (χ4v) is 2.51. The summed E-state index contributed by atoms with van der Waals surface area (Å²) in [7, 11) is 3.38. The molecule has 0 bridgehead atoms. The summed E-state index contributed by atoms with van der Waals surface area (Å²) in [6.07, 6.45) is 0. The molecule has 0 aliphatic carbocycles. The molecule has 19 heavy (non-hydrogen) atoms. The zero-order valence-corrected chi connectivity index (χ0v) is 12.3. The van der Waals surface area contributed by atoms with Gasteiger partial charge in [0.15, 0.2) is 0 Å². The van der Waals surface area contributed by atoms with E-state index in [0.29, 0.717) is 12.1 Å². The third-order valence-electron chi connectivity index (χ3n) is 3.69. The maximum atomic E-state index is 5.32. The van der Waals surface area contributed by atoms with Gasteiger partial charge < -0.3 is 14.8 Å². The monoisotopic (exact) mass is 264 g/mol. The molecule has 0 spiro atoms. The van der Waals surface area contributed by atoms with Crippen LogP contribution in [0.3, 0.4) is 0 Å². The van der Waals surface area contributed by atoms with Gasteiger partial charge in [0.2, 0.25) is 0 Å². The Kier molecular flexibility index (Phi) is 4.66. The van der Waals surface area contributed by atoms with E-state index in [-0.39, 0.29) is 0 Å². The van der Waals surface area contributed by atoms with Crippen LogP contribution in [0.1, 0.15) is 19.4 Å². The lowest BCUT2D eigenvalue weighted by Crippen LogP contribution is -2.53. The van der Waals surface area contributed by atoms with E-state index in [1.54, 1.807) is 14.2 Å². The first-order chi connectivity index (χ1) is 9.12. The van der Waals surface area contributed by atoms with E-state index in [0.717, 1.165) is 31.1 Å². The summed E-state index contributed by atoms with van der Waals surface area (Å²) < 4.78 is 10.6. The van der Waals surface area contributed by atoms with Gasteiger partial charge in [0, 0.05) is 37.8 Å². The molecule has 4 nitrogen and oxygen atoms in total.